The van der Waals surface area contributed by atoms with Crippen LogP contribution in [0.2, 0.25) is 0 Å². The van der Waals surface area contributed by atoms with E-state index in [1.54, 1.807) is 23.1 Å². The molecule has 168 valence electrons. The van der Waals surface area contributed by atoms with Crippen LogP contribution in [0.4, 0.5) is 17.6 Å². The normalized spacial score (nSPS) is 16.4. The second-order valence-corrected chi connectivity index (χ2v) is 9.43. The van der Waals surface area contributed by atoms with Crippen molar-refractivity contribution in [1.82, 2.24) is 9.21 Å². The Balaban J connectivity index is 1.87. The van der Waals surface area contributed by atoms with Gasteiger partial charge in [0.2, 0.25) is 5.91 Å². The number of rotatable bonds is 5. The van der Waals surface area contributed by atoms with Gasteiger partial charge in [0.15, 0.2) is 10.9 Å². The molecule has 0 fully saturated rings. The maximum atomic E-state index is 13.8. The highest BCUT2D eigenvalue weighted by Gasteiger charge is 2.48. The quantitative estimate of drug-likeness (QED) is 0.487. The van der Waals surface area contributed by atoms with Gasteiger partial charge in [0.05, 0.1) is 11.4 Å². The van der Waals surface area contributed by atoms with E-state index in [2.05, 4.69) is 0 Å². The van der Waals surface area contributed by atoms with Crippen molar-refractivity contribution in [2.24, 2.45) is 5.92 Å². The third kappa shape index (κ3) is 5.22. The SMILES string of the molecule is CC(C)C(=O)N1CCc2ccc([S+]([O-])N(C)[C@H](c3ccc(F)cc3)C(F)(F)F)cc2C1. The summed E-state index contributed by atoms with van der Waals surface area (Å²) < 4.78 is 68.4. The summed E-state index contributed by atoms with van der Waals surface area (Å²) in [5.41, 5.74) is 1.57. The molecule has 0 N–H and O–H groups in total. The summed E-state index contributed by atoms with van der Waals surface area (Å²) >= 11 is -2.12. The fourth-order valence-electron chi connectivity index (χ4n) is 3.71. The molecule has 1 aliphatic heterocycles. The number of hydrogen-bond acceptors (Lipinski definition) is 3. The van der Waals surface area contributed by atoms with E-state index in [4.69, 9.17) is 0 Å². The molecule has 1 amide bonds. The lowest BCUT2D eigenvalue weighted by molar-refractivity contribution is -0.171. The summed E-state index contributed by atoms with van der Waals surface area (Å²) in [5.74, 6) is -0.806. The second-order valence-electron chi connectivity index (χ2n) is 7.89. The first kappa shape index (κ1) is 23.6. The van der Waals surface area contributed by atoms with Crippen LogP contribution >= 0.6 is 0 Å². The molecule has 31 heavy (non-hydrogen) atoms. The average molecular weight is 457 g/mol. The molecule has 3 rings (SSSR count). The van der Waals surface area contributed by atoms with Crippen LogP contribution in [0.5, 0.6) is 0 Å². The first-order valence-corrected chi connectivity index (χ1v) is 11.0. The van der Waals surface area contributed by atoms with Crippen LogP contribution in [-0.4, -0.2) is 39.4 Å². The molecule has 1 aliphatic rings. The minimum Gasteiger partial charge on any atom is -0.593 e. The van der Waals surface area contributed by atoms with E-state index in [9.17, 15) is 26.9 Å². The number of alkyl halides is 3. The number of halogens is 4. The summed E-state index contributed by atoms with van der Waals surface area (Å²) in [6.45, 7) is 4.53. The van der Waals surface area contributed by atoms with Gasteiger partial charge in [0.1, 0.15) is 5.82 Å². The minimum atomic E-state index is -4.71. The summed E-state index contributed by atoms with van der Waals surface area (Å²) in [6.07, 6.45) is -4.08. The van der Waals surface area contributed by atoms with Crippen molar-refractivity contribution < 1.29 is 26.9 Å². The van der Waals surface area contributed by atoms with Crippen molar-refractivity contribution in [3.63, 3.8) is 0 Å². The van der Waals surface area contributed by atoms with Crippen molar-refractivity contribution in [2.45, 2.75) is 43.9 Å². The zero-order valence-corrected chi connectivity index (χ0v) is 18.3. The Labute approximate surface area is 182 Å². The molecule has 4 nitrogen and oxygen atoms in total. The minimum absolute atomic E-state index is 0.00254. The van der Waals surface area contributed by atoms with Crippen molar-refractivity contribution in [1.29, 1.82) is 0 Å². The highest BCUT2D eigenvalue weighted by molar-refractivity contribution is 7.89. The fraction of sp³-hybridized carbons (Fsp3) is 0.409. The molecule has 0 aromatic heterocycles. The van der Waals surface area contributed by atoms with Gasteiger partial charge in [-0.05, 0) is 41.3 Å². The number of fused-ring (bicyclic) bond motifs is 1. The maximum absolute atomic E-state index is 13.8. The lowest BCUT2D eigenvalue weighted by atomic mass is 9.99. The third-order valence-corrected chi connectivity index (χ3v) is 6.71. The van der Waals surface area contributed by atoms with E-state index in [0.29, 0.717) is 19.5 Å². The van der Waals surface area contributed by atoms with Crippen molar-refractivity contribution in [3.05, 3.63) is 65.0 Å². The van der Waals surface area contributed by atoms with E-state index in [1.807, 2.05) is 13.8 Å². The maximum Gasteiger partial charge on any atom is 0.412 e. The van der Waals surface area contributed by atoms with Crippen LogP contribution in [0, 0.1) is 11.7 Å². The van der Waals surface area contributed by atoms with Crippen molar-refractivity contribution >= 4 is 17.3 Å². The van der Waals surface area contributed by atoms with E-state index < -0.39 is 29.4 Å². The van der Waals surface area contributed by atoms with Crippen molar-refractivity contribution in [3.8, 4) is 0 Å². The molecule has 2 atom stereocenters. The zero-order valence-electron chi connectivity index (χ0n) is 17.4. The summed E-state index contributed by atoms with van der Waals surface area (Å²) in [7, 11) is 1.13. The van der Waals surface area contributed by atoms with Gasteiger partial charge in [-0.15, -0.1) is 4.31 Å². The first-order valence-electron chi connectivity index (χ1n) is 9.86. The predicted molar refractivity (Wildman–Crippen MR) is 110 cm³/mol. The van der Waals surface area contributed by atoms with Crippen LogP contribution in [0.3, 0.4) is 0 Å². The lowest BCUT2D eigenvalue weighted by Gasteiger charge is -2.32. The fourth-order valence-corrected chi connectivity index (χ4v) is 4.90. The van der Waals surface area contributed by atoms with Gasteiger partial charge >= 0.3 is 6.18 Å². The molecule has 0 bridgehead atoms. The van der Waals surface area contributed by atoms with Crippen LogP contribution in [0.15, 0.2) is 47.4 Å². The van der Waals surface area contributed by atoms with Crippen molar-refractivity contribution in [2.75, 3.05) is 13.6 Å². The molecule has 1 unspecified atom stereocenters. The smallest absolute Gasteiger partial charge is 0.412 e. The lowest BCUT2D eigenvalue weighted by Crippen LogP contribution is -2.40. The van der Waals surface area contributed by atoms with Gasteiger partial charge in [-0.3, -0.25) is 4.79 Å². The molecular formula is C22H24F4N2O2S. The Morgan fingerprint density at radius 1 is 1.13 bits per heavy atom. The van der Waals surface area contributed by atoms with Gasteiger partial charge in [-0.1, -0.05) is 32.0 Å². The number of hydrogen-bond donors (Lipinski definition) is 0. The zero-order chi connectivity index (χ0) is 22.9. The van der Waals surface area contributed by atoms with Gasteiger partial charge in [-0.25, -0.2) is 4.39 Å². The van der Waals surface area contributed by atoms with Crippen LogP contribution < -0.4 is 0 Å². The molecule has 1 heterocycles. The number of carbonyl (C=O) groups excluding carboxylic acids is 1. The standard InChI is InChI=1S/C22H24F4N2O2S/c1-14(2)21(29)28-11-10-15-6-9-19(12-17(15)13-28)31(30)27(3)20(22(24,25)26)16-4-7-18(23)8-5-16/h4-9,12,14,20H,10-11,13H2,1-3H3/t20-,31?/m1/s1. The first-order chi connectivity index (χ1) is 14.5. The summed E-state index contributed by atoms with van der Waals surface area (Å²) in [6, 6.07) is 6.75. The Hall–Kier alpha value is -2.10. The van der Waals surface area contributed by atoms with Crippen LogP contribution in [0.25, 0.3) is 0 Å². The Kier molecular flexibility index (Phi) is 6.98. The highest BCUT2D eigenvalue weighted by Crippen LogP contribution is 2.40. The Bertz CT molecular complexity index is 934. The number of nitrogens with zero attached hydrogens (tertiary/aromatic N) is 2. The predicted octanol–water partition coefficient (Wildman–Crippen LogP) is 4.62. The molecule has 0 saturated carbocycles. The van der Waals surface area contributed by atoms with E-state index in [-0.39, 0.29) is 22.3 Å². The molecule has 0 saturated heterocycles. The van der Waals surface area contributed by atoms with E-state index in [0.717, 1.165) is 46.7 Å². The average Bonchev–Trinajstić information content (AvgIpc) is 2.72. The molecule has 0 radical (unpaired) electrons. The van der Waals surface area contributed by atoms with E-state index >= 15 is 0 Å². The summed E-state index contributed by atoms with van der Waals surface area (Å²) in [5, 5.41) is 0. The topological polar surface area (TPSA) is 46.6 Å². The third-order valence-electron chi connectivity index (χ3n) is 5.32. The van der Waals surface area contributed by atoms with Crippen LogP contribution in [0.1, 0.15) is 36.6 Å². The van der Waals surface area contributed by atoms with E-state index in [1.165, 1.54) is 0 Å². The Morgan fingerprint density at radius 2 is 1.77 bits per heavy atom. The summed E-state index contributed by atoms with van der Waals surface area (Å²) in [4.78, 5) is 14.2. The molecule has 2 aromatic carbocycles. The van der Waals surface area contributed by atoms with Gasteiger partial charge in [0, 0.05) is 32.1 Å². The Morgan fingerprint density at radius 3 is 2.35 bits per heavy atom. The van der Waals surface area contributed by atoms with Crippen LogP contribution in [-0.2, 0) is 29.1 Å². The number of benzene rings is 2. The van der Waals surface area contributed by atoms with Gasteiger partial charge in [0.25, 0.3) is 0 Å². The highest BCUT2D eigenvalue weighted by atomic mass is 32.2. The monoisotopic (exact) mass is 456 g/mol. The number of amides is 1. The second kappa shape index (κ2) is 9.18. The number of carbonyl (C=O) groups is 1. The largest absolute Gasteiger partial charge is 0.593 e. The molecule has 0 spiro atoms. The van der Waals surface area contributed by atoms with Gasteiger partial charge in [-0.2, -0.15) is 13.2 Å². The molecular weight excluding hydrogens is 432 g/mol. The van der Waals surface area contributed by atoms with Gasteiger partial charge < -0.3 is 9.45 Å². The molecule has 2 aromatic rings. The molecule has 9 heteroatoms. The molecule has 0 aliphatic carbocycles.